The predicted molar refractivity (Wildman–Crippen MR) is 104 cm³/mol. The molecule has 0 aromatic heterocycles. The molecule has 1 amide bonds. The molecule has 0 unspecified atom stereocenters. The van der Waals surface area contributed by atoms with Crippen LogP contribution in [0.25, 0.3) is 11.1 Å². The Kier molecular flexibility index (Phi) is 4.64. The zero-order valence-corrected chi connectivity index (χ0v) is 15.7. The van der Waals surface area contributed by atoms with E-state index in [9.17, 15) is 14.3 Å². The van der Waals surface area contributed by atoms with Gasteiger partial charge in [-0.15, -0.1) is 0 Å². The lowest BCUT2D eigenvalue weighted by molar-refractivity contribution is -0.132. The number of rotatable bonds is 3. The van der Waals surface area contributed by atoms with Gasteiger partial charge in [-0.2, -0.15) is 0 Å². The molecule has 1 saturated heterocycles. The highest BCUT2D eigenvalue weighted by atomic mass is 19.1. The van der Waals surface area contributed by atoms with Crippen molar-refractivity contribution >= 4 is 11.6 Å². The summed E-state index contributed by atoms with van der Waals surface area (Å²) in [7, 11) is 2.00. The maximum Gasteiger partial charge on any atom is 0.222 e. The van der Waals surface area contributed by atoms with Crippen LogP contribution in [0.4, 0.5) is 10.1 Å². The molecule has 0 aliphatic carbocycles. The van der Waals surface area contributed by atoms with Crippen LogP contribution in [0.2, 0.25) is 0 Å². The number of likely N-dealkylation sites (tertiary alicyclic amines) is 1. The summed E-state index contributed by atoms with van der Waals surface area (Å²) in [6.45, 7) is 2.67. The van der Waals surface area contributed by atoms with Gasteiger partial charge in [-0.1, -0.05) is 25.1 Å². The van der Waals surface area contributed by atoms with Crippen molar-refractivity contribution in [3.63, 3.8) is 0 Å². The topological polar surface area (TPSA) is 43.8 Å². The lowest BCUT2D eigenvalue weighted by atomic mass is 9.81. The van der Waals surface area contributed by atoms with Crippen molar-refractivity contribution in [1.82, 2.24) is 4.90 Å². The molecule has 2 aliphatic heterocycles. The smallest absolute Gasteiger partial charge is 0.222 e. The number of anilines is 1. The highest BCUT2D eigenvalue weighted by molar-refractivity contribution is 5.78. The normalized spacial score (nSPS) is 23.9. The van der Waals surface area contributed by atoms with Crippen LogP contribution in [0.15, 0.2) is 42.5 Å². The number of carbonyl (C=O) groups is 1. The third kappa shape index (κ3) is 2.90. The quantitative estimate of drug-likeness (QED) is 0.900. The summed E-state index contributed by atoms with van der Waals surface area (Å²) in [5.74, 6) is 0.0841. The first-order chi connectivity index (χ1) is 13.0. The standard InChI is InChI=1S/C22H25FN2O2/c1-3-21(27)25-10-9-17-20(13-26)24(2)19-8-7-15(12-18(19)22(17)25)14-5-4-6-16(23)11-14/h4-8,11-12,17,20,22,26H,3,9-10,13H2,1-2H3/t17-,20-,22-/m0/s1. The molecule has 2 aliphatic rings. The molecule has 1 fully saturated rings. The van der Waals surface area contributed by atoms with E-state index < -0.39 is 0 Å². The van der Waals surface area contributed by atoms with E-state index >= 15 is 0 Å². The number of aliphatic hydroxyl groups excluding tert-OH is 1. The van der Waals surface area contributed by atoms with E-state index in [2.05, 4.69) is 11.0 Å². The average molecular weight is 368 g/mol. The first kappa shape index (κ1) is 18.0. The molecule has 27 heavy (non-hydrogen) atoms. The number of fused-ring (bicyclic) bond motifs is 3. The Balaban J connectivity index is 1.84. The molecule has 2 aromatic rings. The fourth-order valence-corrected chi connectivity index (χ4v) is 4.78. The Morgan fingerprint density at radius 1 is 1.22 bits per heavy atom. The lowest BCUT2D eigenvalue weighted by Gasteiger charge is -2.44. The van der Waals surface area contributed by atoms with Crippen LogP contribution in [0.5, 0.6) is 0 Å². The van der Waals surface area contributed by atoms with Crippen molar-refractivity contribution in [2.24, 2.45) is 5.92 Å². The fraction of sp³-hybridized carbons (Fsp3) is 0.409. The van der Waals surface area contributed by atoms with E-state index in [0.29, 0.717) is 6.42 Å². The largest absolute Gasteiger partial charge is 0.394 e. The first-order valence-electron chi connectivity index (χ1n) is 9.58. The Labute approximate surface area is 159 Å². The number of likely N-dealkylation sites (N-methyl/N-ethyl adjacent to an activating group) is 1. The van der Waals surface area contributed by atoms with Gasteiger partial charge in [0.05, 0.1) is 18.7 Å². The van der Waals surface area contributed by atoms with Crippen LogP contribution in [-0.4, -0.2) is 42.2 Å². The summed E-state index contributed by atoms with van der Waals surface area (Å²) in [4.78, 5) is 16.7. The Bertz CT molecular complexity index is 869. The van der Waals surface area contributed by atoms with Gasteiger partial charge in [0.25, 0.3) is 0 Å². The predicted octanol–water partition coefficient (Wildman–Crippen LogP) is 3.60. The molecule has 5 heteroatoms. The molecule has 1 N–H and O–H groups in total. The lowest BCUT2D eigenvalue weighted by Crippen LogP contribution is -2.48. The van der Waals surface area contributed by atoms with Gasteiger partial charge in [-0.3, -0.25) is 4.79 Å². The van der Waals surface area contributed by atoms with Crippen molar-refractivity contribution in [3.8, 4) is 11.1 Å². The summed E-state index contributed by atoms with van der Waals surface area (Å²) in [6, 6.07) is 12.7. The zero-order chi connectivity index (χ0) is 19.1. The maximum atomic E-state index is 13.7. The number of hydrogen-bond donors (Lipinski definition) is 1. The van der Waals surface area contributed by atoms with Crippen molar-refractivity contribution in [2.75, 3.05) is 25.1 Å². The van der Waals surface area contributed by atoms with Crippen molar-refractivity contribution in [1.29, 1.82) is 0 Å². The number of nitrogens with zero attached hydrogens (tertiary/aromatic N) is 2. The third-order valence-corrected chi connectivity index (χ3v) is 6.13. The second kappa shape index (κ2) is 6.97. The monoisotopic (exact) mass is 368 g/mol. The van der Waals surface area contributed by atoms with Gasteiger partial charge in [0, 0.05) is 31.6 Å². The van der Waals surface area contributed by atoms with E-state index in [0.717, 1.165) is 35.3 Å². The Morgan fingerprint density at radius 2 is 2.00 bits per heavy atom. The number of hydrogen-bond acceptors (Lipinski definition) is 3. The SMILES string of the molecule is CCC(=O)N1CC[C@@H]2[C@H]1c1cc(-c3cccc(F)c3)ccc1N(C)[C@H]2CO. The minimum atomic E-state index is -0.260. The second-order valence-corrected chi connectivity index (χ2v) is 7.48. The van der Waals surface area contributed by atoms with Crippen molar-refractivity contribution < 1.29 is 14.3 Å². The molecule has 4 rings (SSSR count). The Hall–Kier alpha value is -2.40. The van der Waals surface area contributed by atoms with E-state index in [1.54, 1.807) is 6.07 Å². The molecule has 0 bridgehead atoms. The van der Waals surface area contributed by atoms with E-state index in [1.165, 1.54) is 12.1 Å². The van der Waals surface area contributed by atoms with Crippen LogP contribution in [0.3, 0.4) is 0 Å². The molecule has 0 saturated carbocycles. The number of aliphatic hydroxyl groups is 1. The highest BCUT2D eigenvalue weighted by Crippen LogP contribution is 2.49. The molecule has 0 spiro atoms. The molecule has 142 valence electrons. The van der Waals surface area contributed by atoms with Crippen molar-refractivity contribution in [2.45, 2.75) is 31.8 Å². The van der Waals surface area contributed by atoms with Crippen LogP contribution in [0, 0.1) is 11.7 Å². The minimum Gasteiger partial charge on any atom is -0.394 e. The molecule has 4 nitrogen and oxygen atoms in total. The summed E-state index contributed by atoms with van der Waals surface area (Å²) < 4.78 is 13.7. The third-order valence-electron chi connectivity index (χ3n) is 6.13. The summed E-state index contributed by atoms with van der Waals surface area (Å²) in [5, 5.41) is 9.99. The van der Waals surface area contributed by atoms with E-state index in [-0.39, 0.29) is 36.3 Å². The summed E-state index contributed by atoms with van der Waals surface area (Å²) in [6.07, 6.45) is 1.36. The van der Waals surface area contributed by atoms with Crippen LogP contribution in [-0.2, 0) is 4.79 Å². The van der Waals surface area contributed by atoms with Crippen LogP contribution < -0.4 is 4.90 Å². The number of carbonyl (C=O) groups excluding carboxylic acids is 1. The fourth-order valence-electron chi connectivity index (χ4n) is 4.78. The highest BCUT2D eigenvalue weighted by Gasteiger charge is 2.47. The van der Waals surface area contributed by atoms with Gasteiger partial charge in [-0.25, -0.2) is 4.39 Å². The van der Waals surface area contributed by atoms with Crippen LogP contribution >= 0.6 is 0 Å². The minimum absolute atomic E-state index is 0.00261. The molecule has 3 atom stereocenters. The average Bonchev–Trinajstić information content (AvgIpc) is 3.12. The van der Waals surface area contributed by atoms with Crippen LogP contribution in [0.1, 0.15) is 31.4 Å². The number of amides is 1. The van der Waals surface area contributed by atoms with E-state index in [4.69, 9.17) is 0 Å². The summed E-state index contributed by atoms with van der Waals surface area (Å²) >= 11 is 0. The summed E-state index contributed by atoms with van der Waals surface area (Å²) in [5.41, 5.74) is 3.89. The molecular weight excluding hydrogens is 343 g/mol. The molecule has 2 heterocycles. The molecule has 2 aromatic carbocycles. The van der Waals surface area contributed by atoms with Gasteiger partial charge < -0.3 is 14.9 Å². The van der Waals surface area contributed by atoms with Gasteiger partial charge >= 0.3 is 0 Å². The molecular formula is C22H25FN2O2. The first-order valence-corrected chi connectivity index (χ1v) is 9.58. The van der Waals surface area contributed by atoms with Gasteiger partial charge in [0.2, 0.25) is 5.91 Å². The number of benzene rings is 2. The van der Waals surface area contributed by atoms with Gasteiger partial charge in [0.1, 0.15) is 5.82 Å². The Morgan fingerprint density at radius 3 is 2.70 bits per heavy atom. The van der Waals surface area contributed by atoms with Gasteiger partial charge in [0.15, 0.2) is 0 Å². The van der Waals surface area contributed by atoms with Crippen molar-refractivity contribution in [3.05, 3.63) is 53.8 Å². The zero-order valence-electron chi connectivity index (χ0n) is 15.7. The maximum absolute atomic E-state index is 13.7. The number of halogens is 1. The van der Waals surface area contributed by atoms with E-state index in [1.807, 2.05) is 37.1 Å². The second-order valence-electron chi connectivity index (χ2n) is 7.48. The molecule has 0 radical (unpaired) electrons. The van der Waals surface area contributed by atoms with Gasteiger partial charge in [-0.05, 0) is 47.4 Å².